The number of rotatable bonds is 8. The van der Waals surface area contributed by atoms with Crippen molar-refractivity contribution in [2.24, 2.45) is 0 Å². The summed E-state index contributed by atoms with van der Waals surface area (Å²) >= 11 is 0. The number of carbonyl (C=O) groups is 1. The normalized spacial score (nSPS) is 13.2. The fraction of sp³-hybridized carbons (Fsp3) is 0.350. The molecule has 0 aliphatic rings. The predicted octanol–water partition coefficient (Wildman–Crippen LogP) is 3.10. The Balaban J connectivity index is 1.87. The summed E-state index contributed by atoms with van der Waals surface area (Å²) in [6.45, 7) is -2.56. The van der Waals surface area contributed by atoms with Crippen LogP contribution in [0.25, 0.3) is 22.6 Å². The largest absolute Gasteiger partial charge is 0.469 e. The monoisotopic (exact) mass is 601 g/mol. The minimum absolute atomic E-state index is 0.256. The molecule has 0 radical (unpaired) electrons. The highest BCUT2D eigenvalue weighted by Gasteiger charge is 2.58. The van der Waals surface area contributed by atoms with Crippen LogP contribution in [0.15, 0.2) is 35.9 Å². The Morgan fingerprint density at radius 2 is 1.75 bits per heavy atom. The Morgan fingerprint density at radius 1 is 1.05 bits per heavy atom. The van der Waals surface area contributed by atoms with Gasteiger partial charge in [-0.25, -0.2) is 27.9 Å². The number of hydrogen-bond donors (Lipinski definition) is 1. The van der Waals surface area contributed by atoms with E-state index in [1.807, 2.05) is 0 Å². The first-order chi connectivity index (χ1) is 18.5. The third-order valence-corrected chi connectivity index (χ3v) is 6.93. The first-order valence-corrected chi connectivity index (χ1v) is 12.5. The average molecular weight is 601 g/mol. The lowest BCUT2D eigenvalue weighted by molar-refractivity contribution is -0.290. The molecule has 20 heteroatoms. The second-order valence-corrected chi connectivity index (χ2v) is 10.2. The topological polar surface area (TPSA) is 133 Å². The lowest BCUT2D eigenvalue weighted by Crippen LogP contribution is -2.41. The zero-order valence-electron chi connectivity index (χ0n) is 19.8. The lowest BCUT2D eigenvalue weighted by atomic mass is 10.3. The second kappa shape index (κ2) is 9.82. The van der Waals surface area contributed by atoms with Crippen molar-refractivity contribution < 1.29 is 53.1 Å². The number of carbonyl (C=O) groups excluding carboxylic acids is 1. The smallest absolute Gasteiger partial charge is 0.456 e. The maximum Gasteiger partial charge on any atom is 0.456 e. The van der Waals surface area contributed by atoms with Gasteiger partial charge < -0.3 is 10.1 Å². The van der Waals surface area contributed by atoms with E-state index in [9.17, 15) is 48.3 Å². The number of nitrogens with zero attached hydrogens (tertiary/aromatic N) is 6. The summed E-state index contributed by atoms with van der Waals surface area (Å²) in [6, 6.07) is 0.984. The third-order valence-electron chi connectivity index (χ3n) is 5.29. The van der Waals surface area contributed by atoms with Gasteiger partial charge in [-0.1, -0.05) is 6.92 Å². The standard InChI is InChI=1S/C20H15F8N7O4S/c1-2-40(37,38)17-12(14-29-4-3-10(35(14)33-17)15(36)32-8-19(23,24)25)13-31-7-11-16(30-5-6-34(11)13)39-9-18(21,22)20(26,27)28/h3-7H,2,8-9H2,1H3,(H,32,36). The van der Waals surface area contributed by atoms with Crippen LogP contribution in [-0.4, -0.2) is 80.5 Å². The minimum atomic E-state index is -5.90. The van der Waals surface area contributed by atoms with Gasteiger partial charge in [0.15, 0.2) is 32.9 Å². The molecule has 4 rings (SSSR count). The van der Waals surface area contributed by atoms with Gasteiger partial charge in [-0.3, -0.25) is 9.20 Å². The SMILES string of the molecule is CCS(=O)(=O)c1nn2c(C(=O)NCC(F)(F)F)ccnc2c1-c1ncc2c(OCC(F)(F)C(F)(F)F)nccn12. The van der Waals surface area contributed by atoms with E-state index < -0.39 is 69.5 Å². The molecule has 4 heterocycles. The molecular weight excluding hydrogens is 586 g/mol. The van der Waals surface area contributed by atoms with Gasteiger partial charge in [0.05, 0.1) is 11.9 Å². The van der Waals surface area contributed by atoms with Gasteiger partial charge in [0.2, 0.25) is 5.88 Å². The molecule has 1 N–H and O–H groups in total. The molecule has 0 bridgehead atoms. The molecule has 216 valence electrons. The van der Waals surface area contributed by atoms with E-state index in [1.54, 1.807) is 5.32 Å². The van der Waals surface area contributed by atoms with Crippen molar-refractivity contribution >= 4 is 26.9 Å². The summed E-state index contributed by atoms with van der Waals surface area (Å²) in [5.74, 6) is -8.00. The van der Waals surface area contributed by atoms with Gasteiger partial charge in [-0.05, 0) is 6.07 Å². The maximum atomic E-state index is 13.4. The first kappa shape index (κ1) is 28.9. The Bertz CT molecular complexity index is 1700. The number of sulfone groups is 1. The zero-order chi connectivity index (χ0) is 29.7. The van der Waals surface area contributed by atoms with Gasteiger partial charge in [0.1, 0.15) is 23.3 Å². The number of hydrogen-bond acceptors (Lipinski definition) is 8. The fourth-order valence-corrected chi connectivity index (χ4v) is 4.33. The molecule has 0 atom stereocenters. The van der Waals surface area contributed by atoms with Gasteiger partial charge in [-0.2, -0.15) is 40.2 Å². The molecule has 0 aromatic carbocycles. The van der Waals surface area contributed by atoms with Crippen molar-refractivity contribution in [2.45, 2.75) is 30.2 Å². The van der Waals surface area contributed by atoms with Crippen molar-refractivity contribution in [1.29, 1.82) is 0 Å². The van der Waals surface area contributed by atoms with Gasteiger partial charge >= 0.3 is 18.3 Å². The van der Waals surface area contributed by atoms with E-state index in [2.05, 4.69) is 24.8 Å². The molecule has 0 unspecified atom stereocenters. The Kier molecular flexibility index (Phi) is 7.10. The van der Waals surface area contributed by atoms with E-state index in [1.165, 1.54) is 6.92 Å². The summed E-state index contributed by atoms with van der Waals surface area (Å²) in [5, 5.41) is 4.85. The molecule has 4 aromatic rings. The molecular formula is C20H15F8N7O4S. The molecule has 0 aliphatic carbocycles. The molecule has 4 aromatic heterocycles. The van der Waals surface area contributed by atoms with Crippen LogP contribution in [0, 0.1) is 0 Å². The summed E-state index contributed by atoms with van der Waals surface area (Å²) in [5.41, 5.74) is -1.46. The van der Waals surface area contributed by atoms with Crippen LogP contribution in [0.4, 0.5) is 35.1 Å². The molecule has 11 nitrogen and oxygen atoms in total. The van der Waals surface area contributed by atoms with Gasteiger partial charge in [0.25, 0.3) is 5.91 Å². The van der Waals surface area contributed by atoms with E-state index in [-0.39, 0.29) is 22.6 Å². The summed E-state index contributed by atoms with van der Waals surface area (Å²) in [6.07, 6.45) is -6.62. The van der Waals surface area contributed by atoms with Crippen LogP contribution in [0.3, 0.4) is 0 Å². The van der Waals surface area contributed by atoms with Crippen molar-refractivity contribution in [1.82, 2.24) is 34.3 Å². The van der Waals surface area contributed by atoms with Gasteiger partial charge in [0, 0.05) is 18.6 Å². The van der Waals surface area contributed by atoms with Crippen LogP contribution in [-0.2, 0) is 9.84 Å². The summed E-state index contributed by atoms with van der Waals surface area (Å²) in [4.78, 5) is 24.1. The van der Waals surface area contributed by atoms with E-state index in [4.69, 9.17) is 0 Å². The van der Waals surface area contributed by atoms with Crippen LogP contribution in [0.1, 0.15) is 17.4 Å². The van der Waals surface area contributed by atoms with Gasteiger partial charge in [-0.15, -0.1) is 0 Å². The van der Waals surface area contributed by atoms with Crippen molar-refractivity contribution in [3.05, 3.63) is 36.5 Å². The molecule has 0 aliphatic heterocycles. The third kappa shape index (κ3) is 5.34. The maximum absolute atomic E-state index is 13.4. The predicted molar refractivity (Wildman–Crippen MR) is 118 cm³/mol. The van der Waals surface area contributed by atoms with Crippen LogP contribution < -0.4 is 10.1 Å². The lowest BCUT2D eigenvalue weighted by Gasteiger charge is -2.19. The number of alkyl halides is 8. The number of imidazole rings is 1. The molecule has 0 saturated carbocycles. The molecule has 0 saturated heterocycles. The number of nitrogens with one attached hydrogen (secondary N) is 1. The molecule has 40 heavy (non-hydrogen) atoms. The van der Waals surface area contributed by atoms with Crippen LogP contribution in [0.2, 0.25) is 0 Å². The molecule has 0 fully saturated rings. The zero-order valence-corrected chi connectivity index (χ0v) is 20.6. The number of fused-ring (bicyclic) bond motifs is 2. The number of aromatic nitrogens is 6. The molecule has 1 amide bonds. The highest BCUT2D eigenvalue weighted by molar-refractivity contribution is 7.91. The number of ether oxygens (including phenoxy) is 1. The second-order valence-electron chi connectivity index (χ2n) is 8.01. The van der Waals surface area contributed by atoms with Crippen molar-refractivity contribution in [3.8, 4) is 17.3 Å². The molecule has 0 spiro atoms. The van der Waals surface area contributed by atoms with E-state index >= 15 is 0 Å². The Morgan fingerprint density at radius 3 is 2.38 bits per heavy atom. The van der Waals surface area contributed by atoms with Crippen LogP contribution >= 0.6 is 0 Å². The number of halogens is 8. The Hall–Kier alpha value is -4.10. The summed E-state index contributed by atoms with van der Waals surface area (Å²) < 4.78 is 134. The van der Waals surface area contributed by atoms with Crippen molar-refractivity contribution in [2.75, 3.05) is 18.9 Å². The average Bonchev–Trinajstić information content (AvgIpc) is 3.47. The fourth-order valence-electron chi connectivity index (χ4n) is 3.36. The van der Waals surface area contributed by atoms with E-state index in [0.717, 1.165) is 35.3 Å². The Labute approximate surface area is 217 Å². The highest BCUT2D eigenvalue weighted by Crippen LogP contribution is 2.37. The van der Waals surface area contributed by atoms with Crippen LogP contribution in [0.5, 0.6) is 5.88 Å². The minimum Gasteiger partial charge on any atom is -0.469 e. The van der Waals surface area contributed by atoms with E-state index in [0.29, 0.717) is 4.52 Å². The first-order valence-electron chi connectivity index (χ1n) is 10.8. The number of amides is 1. The highest BCUT2D eigenvalue weighted by atomic mass is 32.2. The van der Waals surface area contributed by atoms with Crippen molar-refractivity contribution in [3.63, 3.8) is 0 Å². The summed E-state index contributed by atoms with van der Waals surface area (Å²) in [7, 11) is -4.23. The quantitative estimate of drug-likeness (QED) is 0.305.